The third kappa shape index (κ3) is 7.92. The molecule has 0 aliphatic carbocycles. The number of ether oxygens (including phenoxy) is 2. The van der Waals surface area contributed by atoms with E-state index in [9.17, 15) is 0 Å². The van der Waals surface area contributed by atoms with Gasteiger partial charge in [-0.2, -0.15) is 0 Å². The van der Waals surface area contributed by atoms with Gasteiger partial charge in [-0.15, -0.1) is 0 Å². The zero-order chi connectivity index (χ0) is 17.9. The highest BCUT2D eigenvalue weighted by molar-refractivity contribution is 5.79. The summed E-state index contributed by atoms with van der Waals surface area (Å²) in [6.07, 6.45) is 5.67. The number of nitrogens with one attached hydrogen (secondary N) is 2. The van der Waals surface area contributed by atoms with E-state index in [1.165, 1.54) is 25.9 Å². The number of hydrogen-bond acceptors (Lipinski definition) is 4. The Hall–Kier alpha value is -0.850. The van der Waals surface area contributed by atoms with Gasteiger partial charge in [0, 0.05) is 65.2 Å². The van der Waals surface area contributed by atoms with Gasteiger partial charge in [0.05, 0.1) is 0 Å². The molecule has 0 amide bonds. The summed E-state index contributed by atoms with van der Waals surface area (Å²) in [5.74, 6) is 1.61. The van der Waals surface area contributed by atoms with Crippen LogP contribution in [0, 0.1) is 5.92 Å². The largest absolute Gasteiger partial charge is 0.381 e. The SMILES string of the molecule is CN=C(NCCCOCC1CCOCC1)NC1CCN(C(C)C)CC1. The third-order valence-electron chi connectivity index (χ3n) is 5.28. The molecule has 0 aromatic heterocycles. The Morgan fingerprint density at radius 3 is 2.56 bits per heavy atom. The lowest BCUT2D eigenvalue weighted by atomic mass is 10.0. The lowest BCUT2D eigenvalue weighted by Crippen LogP contribution is -2.50. The minimum atomic E-state index is 0.533. The quantitative estimate of drug-likeness (QED) is 0.396. The van der Waals surface area contributed by atoms with Crippen molar-refractivity contribution in [1.82, 2.24) is 15.5 Å². The fourth-order valence-corrected chi connectivity index (χ4v) is 3.49. The van der Waals surface area contributed by atoms with Gasteiger partial charge in [-0.05, 0) is 51.9 Å². The Balaban J connectivity index is 1.50. The molecule has 0 radical (unpaired) electrons. The Bertz CT molecular complexity index is 376. The molecule has 2 fully saturated rings. The minimum Gasteiger partial charge on any atom is -0.381 e. The van der Waals surface area contributed by atoms with Crippen molar-refractivity contribution in [1.29, 1.82) is 0 Å². The molecular formula is C19H38N4O2. The highest BCUT2D eigenvalue weighted by Crippen LogP contribution is 2.15. The topological polar surface area (TPSA) is 58.1 Å². The van der Waals surface area contributed by atoms with Crippen LogP contribution in [0.4, 0.5) is 0 Å². The lowest BCUT2D eigenvalue weighted by Gasteiger charge is -2.35. The van der Waals surface area contributed by atoms with Crippen molar-refractivity contribution in [3.05, 3.63) is 0 Å². The molecule has 2 saturated heterocycles. The van der Waals surface area contributed by atoms with Gasteiger partial charge >= 0.3 is 0 Å². The van der Waals surface area contributed by atoms with Crippen molar-refractivity contribution in [3.8, 4) is 0 Å². The van der Waals surface area contributed by atoms with Gasteiger partial charge < -0.3 is 25.0 Å². The van der Waals surface area contributed by atoms with Gasteiger partial charge in [0.2, 0.25) is 0 Å². The zero-order valence-corrected chi connectivity index (χ0v) is 16.4. The zero-order valence-electron chi connectivity index (χ0n) is 16.4. The fraction of sp³-hybridized carbons (Fsp3) is 0.947. The predicted molar refractivity (Wildman–Crippen MR) is 103 cm³/mol. The lowest BCUT2D eigenvalue weighted by molar-refractivity contribution is 0.0203. The first-order chi connectivity index (χ1) is 12.2. The molecule has 2 heterocycles. The molecule has 2 aliphatic heterocycles. The second-order valence-electron chi connectivity index (χ2n) is 7.53. The molecule has 2 aliphatic rings. The first-order valence-corrected chi connectivity index (χ1v) is 10.1. The molecule has 0 spiro atoms. The third-order valence-corrected chi connectivity index (χ3v) is 5.28. The molecule has 0 saturated carbocycles. The highest BCUT2D eigenvalue weighted by atomic mass is 16.5. The summed E-state index contributed by atoms with van der Waals surface area (Å²) in [6, 6.07) is 1.19. The summed E-state index contributed by atoms with van der Waals surface area (Å²) in [4.78, 5) is 6.90. The minimum absolute atomic E-state index is 0.533. The molecule has 2 rings (SSSR count). The van der Waals surface area contributed by atoms with Gasteiger partial charge in [-0.3, -0.25) is 4.99 Å². The van der Waals surface area contributed by atoms with Crippen LogP contribution in [0.25, 0.3) is 0 Å². The van der Waals surface area contributed by atoms with Gasteiger partial charge in [0.15, 0.2) is 5.96 Å². The van der Waals surface area contributed by atoms with E-state index < -0.39 is 0 Å². The van der Waals surface area contributed by atoms with Crippen molar-refractivity contribution >= 4 is 5.96 Å². The van der Waals surface area contributed by atoms with Crippen molar-refractivity contribution in [2.24, 2.45) is 10.9 Å². The number of nitrogens with zero attached hydrogens (tertiary/aromatic N) is 2. The van der Waals surface area contributed by atoms with Crippen LogP contribution in [-0.2, 0) is 9.47 Å². The average molecular weight is 355 g/mol. The van der Waals surface area contributed by atoms with Crippen LogP contribution in [0.1, 0.15) is 46.0 Å². The van der Waals surface area contributed by atoms with Crippen molar-refractivity contribution in [3.63, 3.8) is 0 Å². The van der Waals surface area contributed by atoms with Crippen LogP contribution in [0.3, 0.4) is 0 Å². The molecule has 0 aromatic carbocycles. The normalized spacial score (nSPS) is 21.7. The van der Waals surface area contributed by atoms with E-state index in [4.69, 9.17) is 9.47 Å². The summed E-state index contributed by atoms with van der Waals surface area (Å²) >= 11 is 0. The first kappa shape index (κ1) is 20.5. The number of guanidine groups is 1. The average Bonchev–Trinajstić information content (AvgIpc) is 2.64. The molecule has 6 heteroatoms. The molecule has 0 bridgehead atoms. The van der Waals surface area contributed by atoms with Gasteiger partial charge in [0.25, 0.3) is 0 Å². The molecule has 0 atom stereocenters. The molecule has 6 nitrogen and oxygen atoms in total. The highest BCUT2D eigenvalue weighted by Gasteiger charge is 2.21. The predicted octanol–water partition coefficient (Wildman–Crippen LogP) is 1.86. The van der Waals surface area contributed by atoms with E-state index in [0.717, 1.165) is 58.2 Å². The van der Waals surface area contributed by atoms with E-state index in [1.54, 1.807) is 0 Å². The number of piperidine rings is 1. The van der Waals surface area contributed by atoms with Crippen LogP contribution in [0.5, 0.6) is 0 Å². The van der Waals surface area contributed by atoms with Crippen LogP contribution in [0.2, 0.25) is 0 Å². The van der Waals surface area contributed by atoms with Crippen molar-refractivity contribution in [2.75, 3.05) is 53.1 Å². The fourth-order valence-electron chi connectivity index (χ4n) is 3.49. The summed E-state index contributed by atoms with van der Waals surface area (Å²) in [5, 5.41) is 6.98. The molecule has 0 aromatic rings. The van der Waals surface area contributed by atoms with Crippen LogP contribution in [0.15, 0.2) is 4.99 Å². The molecular weight excluding hydrogens is 316 g/mol. The number of hydrogen-bond donors (Lipinski definition) is 2. The summed E-state index contributed by atoms with van der Waals surface area (Å²) < 4.78 is 11.2. The molecule has 2 N–H and O–H groups in total. The van der Waals surface area contributed by atoms with Crippen molar-refractivity contribution < 1.29 is 9.47 Å². The maximum Gasteiger partial charge on any atom is 0.191 e. The maximum absolute atomic E-state index is 5.81. The summed E-state index contributed by atoms with van der Waals surface area (Å²) in [7, 11) is 1.85. The standard InChI is InChI=1S/C19H38N4O2/c1-16(2)23-10-5-18(6-11-23)22-19(20-3)21-9-4-12-25-15-17-7-13-24-14-8-17/h16-18H,4-15H2,1-3H3,(H2,20,21,22). The Kier molecular flexibility index (Phi) is 9.58. The number of rotatable bonds is 8. The summed E-state index contributed by atoms with van der Waals surface area (Å²) in [5.41, 5.74) is 0. The number of likely N-dealkylation sites (tertiary alicyclic amines) is 1. The number of aliphatic imine (C=N–C) groups is 1. The molecule has 25 heavy (non-hydrogen) atoms. The monoisotopic (exact) mass is 354 g/mol. The van der Waals surface area contributed by atoms with Gasteiger partial charge in [-0.25, -0.2) is 0 Å². The molecule has 0 unspecified atom stereocenters. The molecule has 146 valence electrons. The van der Waals surface area contributed by atoms with Crippen LogP contribution < -0.4 is 10.6 Å². The summed E-state index contributed by atoms with van der Waals surface area (Å²) in [6.45, 7) is 11.3. The van der Waals surface area contributed by atoms with E-state index >= 15 is 0 Å². The van der Waals surface area contributed by atoms with E-state index in [-0.39, 0.29) is 0 Å². The van der Waals surface area contributed by atoms with Crippen LogP contribution >= 0.6 is 0 Å². The van der Waals surface area contributed by atoms with Crippen molar-refractivity contribution in [2.45, 2.75) is 58.0 Å². The smallest absolute Gasteiger partial charge is 0.191 e. The maximum atomic E-state index is 5.81. The van der Waals surface area contributed by atoms with E-state index in [1.807, 2.05) is 7.05 Å². The van der Waals surface area contributed by atoms with Crippen LogP contribution in [-0.4, -0.2) is 76.1 Å². The Morgan fingerprint density at radius 2 is 1.92 bits per heavy atom. The first-order valence-electron chi connectivity index (χ1n) is 10.1. The van der Waals surface area contributed by atoms with E-state index in [2.05, 4.69) is 34.4 Å². The van der Waals surface area contributed by atoms with E-state index in [0.29, 0.717) is 18.0 Å². The van der Waals surface area contributed by atoms with Gasteiger partial charge in [0.1, 0.15) is 0 Å². The second kappa shape index (κ2) is 11.7. The van der Waals surface area contributed by atoms with Gasteiger partial charge in [-0.1, -0.05) is 0 Å². The Morgan fingerprint density at radius 1 is 1.20 bits per heavy atom. The second-order valence-corrected chi connectivity index (χ2v) is 7.53. The Labute approximate surface area is 153 Å².